The standard InChI is InChI=1S/C57H66ClF4N6O11PS4/c1-37(2)68-39(4)55(82(5,73)74)53(54(68)40-11-13-43(58)14-12-40)42-31-44(59)33-48(32-42)67-29-27-66(28-30-67)47-17-15-45(16-18-47)64-84(77,78)50-19-20-51(52(34-50)83(75,76)57(60,61)62)63-46(36-81-49-9-7-6-8-10-49)23-26-65-24-21-41(22-25-65)56(69)79-38(3)35-80(70,71)72/h6-20,31-34,37-38,41,46,63-64H,21-30,35-36H2,1-5H3,(H2,70,71,72). The molecule has 2 atom stereocenters. The number of sulfonamides is 1. The van der Waals surface area contributed by atoms with Crippen molar-refractivity contribution in [2.24, 2.45) is 5.92 Å². The summed E-state index contributed by atoms with van der Waals surface area (Å²) in [6.07, 6.45) is 0.585. The van der Waals surface area contributed by atoms with E-state index >= 15 is 4.39 Å². The Balaban J connectivity index is 0.959. The van der Waals surface area contributed by atoms with Gasteiger partial charge in [-0.15, -0.1) is 11.8 Å². The number of alkyl halides is 3. The predicted molar refractivity (Wildman–Crippen MR) is 321 cm³/mol. The third-order valence-electron chi connectivity index (χ3n) is 14.6. The minimum absolute atomic E-state index is 0.0356. The molecule has 6 aromatic rings. The average molecular weight is 1280 g/mol. The zero-order valence-corrected chi connectivity index (χ0v) is 51.5. The SMILES string of the molecule is Cc1c(S(C)(=O)=O)c(-c2cc(F)cc(N3CCN(c4ccc(NS(=O)(=O)c5ccc(NC(CCN6CCC(C(=O)OC(C)CP(=O)(O)O)CC6)CSc6ccccc6)c(S(=O)(=O)C(F)(F)F)c5)cc4)CC3)c2)c(-c2ccc(Cl)cc2)n1C(C)C. The zero-order chi connectivity index (χ0) is 61.1. The van der Waals surface area contributed by atoms with Crippen LogP contribution in [-0.4, -0.2) is 132 Å². The summed E-state index contributed by atoms with van der Waals surface area (Å²) in [5, 5.41) is 3.48. The highest BCUT2D eigenvalue weighted by molar-refractivity contribution is 7.99. The first kappa shape index (κ1) is 64.4. The van der Waals surface area contributed by atoms with Crippen molar-refractivity contribution in [3.05, 3.63) is 132 Å². The molecule has 8 rings (SSSR count). The van der Waals surface area contributed by atoms with E-state index < -0.39 is 94.3 Å². The maximum atomic E-state index is 15.8. The molecule has 0 aliphatic carbocycles. The average Bonchev–Trinajstić information content (AvgIpc) is 1.65. The highest BCUT2D eigenvalue weighted by atomic mass is 35.5. The number of hydrogen-bond donors (Lipinski definition) is 4. The molecule has 2 fully saturated rings. The van der Waals surface area contributed by atoms with Crippen molar-refractivity contribution in [3.63, 3.8) is 0 Å². The lowest BCUT2D eigenvalue weighted by Gasteiger charge is -2.37. The van der Waals surface area contributed by atoms with Gasteiger partial charge in [0.2, 0.25) is 0 Å². The molecule has 2 saturated heterocycles. The zero-order valence-electron chi connectivity index (χ0n) is 46.6. The Kier molecular flexibility index (Phi) is 20.0. The van der Waals surface area contributed by atoms with Crippen molar-refractivity contribution in [1.29, 1.82) is 0 Å². The summed E-state index contributed by atoms with van der Waals surface area (Å²) in [7, 11) is -19.1. The number of likely N-dealkylation sites (tertiary alicyclic amines) is 1. The largest absolute Gasteiger partial charge is 0.501 e. The lowest BCUT2D eigenvalue weighted by molar-refractivity contribution is -0.154. The van der Waals surface area contributed by atoms with Crippen LogP contribution in [0.3, 0.4) is 0 Å². The summed E-state index contributed by atoms with van der Waals surface area (Å²) < 4.78 is 162. The van der Waals surface area contributed by atoms with E-state index in [-0.39, 0.29) is 28.8 Å². The van der Waals surface area contributed by atoms with Crippen molar-refractivity contribution in [2.75, 3.05) is 83.8 Å². The Morgan fingerprint density at radius 3 is 2.01 bits per heavy atom. The molecule has 17 nitrogen and oxygen atoms in total. The number of halogens is 5. The van der Waals surface area contributed by atoms with Crippen LogP contribution in [0, 0.1) is 18.7 Å². The fourth-order valence-electron chi connectivity index (χ4n) is 10.7. The maximum absolute atomic E-state index is 15.8. The minimum Gasteiger partial charge on any atom is -0.462 e. The van der Waals surface area contributed by atoms with E-state index in [0.717, 1.165) is 23.3 Å². The van der Waals surface area contributed by atoms with Crippen molar-refractivity contribution < 1.29 is 66.7 Å². The number of aromatic nitrogens is 1. The van der Waals surface area contributed by atoms with Gasteiger partial charge in [0.25, 0.3) is 19.9 Å². The summed E-state index contributed by atoms with van der Waals surface area (Å²) in [4.78, 5) is 36.2. The van der Waals surface area contributed by atoms with Crippen LogP contribution in [0.1, 0.15) is 51.8 Å². The summed E-state index contributed by atoms with van der Waals surface area (Å²) in [6, 6.07) is 28.6. The second-order valence-corrected chi connectivity index (χ2v) is 30.0. The second kappa shape index (κ2) is 26.1. The van der Waals surface area contributed by atoms with Crippen LogP contribution in [0.15, 0.2) is 135 Å². The number of carbonyl (C=O) groups is 1. The fraction of sp³-hybridized carbons (Fsp3) is 0.386. The van der Waals surface area contributed by atoms with Gasteiger partial charge in [0.1, 0.15) is 16.8 Å². The summed E-state index contributed by atoms with van der Waals surface area (Å²) in [6.45, 7) is 9.98. The van der Waals surface area contributed by atoms with Gasteiger partial charge in [-0.2, -0.15) is 13.2 Å². The number of hydrogen-bond acceptors (Lipinski definition) is 14. The monoisotopic (exact) mass is 1280 g/mol. The van der Waals surface area contributed by atoms with Crippen LogP contribution in [-0.2, 0) is 43.8 Å². The fourth-order valence-corrected chi connectivity index (χ4v) is 15.9. The van der Waals surface area contributed by atoms with Gasteiger partial charge in [0.15, 0.2) is 9.84 Å². The number of benzene rings is 5. The van der Waals surface area contributed by atoms with Crippen molar-refractivity contribution >= 4 is 89.4 Å². The second-order valence-electron chi connectivity index (χ2n) is 21.3. The first-order valence-corrected chi connectivity index (χ1v) is 34.9. The predicted octanol–water partition coefficient (Wildman–Crippen LogP) is 11.1. The molecule has 0 radical (unpaired) electrons. The number of rotatable bonds is 22. The van der Waals surface area contributed by atoms with E-state index in [4.69, 9.17) is 16.3 Å². The number of piperazine rings is 1. The number of piperidine rings is 1. The Hall–Kier alpha value is -5.63. The number of carbonyl (C=O) groups excluding carboxylic acids is 1. The van der Waals surface area contributed by atoms with Crippen LogP contribution < -0.4 is 19.8 Å². The normalized spacial score (nSPS) is 16.0. The Bertz CT molecular complexity index is 3730. The highest BCUT2D eigenvalue weighted by Gasteiger charge is 2.48. The van der Waals surface area contributed by atoms with E-state index in [9.17, 15) is 57.6 Å². The van der Waals surface area contributed by atoms with Crippen molar-refractivity contribution in [3.8, 4) is 22.4 Å². The lowest BCUT2D eigenvalue weighted by atomic mass is 9.96. The van der Waals surface area contributed by atoms with E-state index in [1.807, 2.05) is 63.4 Å². The van der Waals surface area contributed by atoms with E-state index in [1.54, 1.807) is 49.4 Å². The summed E-state index contributed by atoms with van der Waals surface area (Å²) in [5.74, 6) is -1.39. The first-order valence-electron chi connectivity index (χ1n) is 26.9. The molecule has 1 aromatic heterocycles. The van der Waals surface area contributed by atoms with Crippen LogP contribution in [0.4, 0.5) is 40.3 Å². The van der Waals surface area contributed by atoms with Crippen LogP contribution >= 0.6 is 31.0 Å². The molecule has 2 unspecified atom stereocenters. The number of nitrogens with one attached hydrogen (secondary N) is 2. The molecule has 2 aliphatic heterocycles. The molecule has 0 bridgehead atoms. The number of anilines is 4. The van der Waals surface area contributed by atoms with E-state index in [0.29, 0.717) is 109 Å². The third-order valence-corrected chi connectivity index (χ3v) is 21.2. The van der Waals surface area contributed by atoms with Crippen molar-refractivity contribution in [2.45, 2.75) is 90.2 Å². The van der Waals surface area contributed by atoms with Gasteiger partial charge < -0.3 is 39.1 Å². The highest BCUT2D eigenvalue weighted by Crippen LogP contribution is 2.45. The van der Waals surface area contributed by atoms with Crippen LogP contribution in [0.25, 0.3) is 22.4 Å². The number of thioether (sulfide) groups is 1. The van der Waals surface area contributed by atoms with Gasteiger partial charge in [-0.25, -0.2) is 29.6 Å². The number of esters is 1. The molecule has 0 amide bonds. The number of ether oxygens (including phenoxy) is 1. The topological polar surface area (TPSA) is 225 Å². The Labute approximate surface area is 496 Å². The van der Waals surface area contributed by atoms with E-state index in [2.05, 4.69) is 10.0 Å². The Morgan fingerprint density at radius 2 is 1.43 bits per heavy atom. The number of nitrogens with zero attached hydrogens (tertiary/aromatic N) is 4. The van der Waals surface area contributed by atoms with Gasteiger partial charge >= 0.3 is 19.1 Å². The molecular formula is C57H66ClF4N6O11PS4. The van der Waals surface area contributed by atoms with Gasteiger partial charge in [-0.05, 0) is 156 Å². The van der Waals surface area contributed by atoms with Gasteiger partial charge in [0, 0.05) is 95.1 Å². The molecule has 27 heteroatoms. The maximum Gasteiger partial charge on any atom is 0.501 e. The van der Waals surface area contributed by atoms with Crippen molar-refractivity contribution in [1.82, 2.24) is 9.47 Å². The van der Waals surface area contributed by atoms with E-state index in [1.165, 1.54) is 43.0 Å². The summed E-state index contributed by atoms with van der Waals surface area (Å²) in [5.41, 5.74) is -2.42. The van der Waals surface area contributed by atoms with Gasteiger partial charge in [0.05, 0.1) is 33.3 Å². The molecule has 4 N–H and O–H groups in total. The van der Waals surface area contributed by atoms with Crippen LogP contribution in [0.5, 0.6) is 0 Å². The molecule has 0 spiro atoms. The number of sulfone groups is 2. The third kappa shape index (κ3) is 15.7. The molecule has 84 heavy (non-hydrogen) atoms. The minimum atomic E-state index is -6.14. The van der Waals surface area contributed by atoms with Crippen LogP contribution in [0.2, 0.25) is 5.02 Å². The molecule has 0 saturated carbocycles. The van der Waals surface area contributed by atoms with Gasteiger partial charge in [-0.1, -0.05) is 41.9 Å². The molecule has 2 aliphatic rings. The Morgan fingerprint density at radius 1 is 0.810 bits per heavy atom. The quantitative estimate of drug-likeness (QED) is 0.0215. The lowest BCUT2D eigenvalue weighted by Crippen LogP contribution is -2.46. The molecule has 5 aromatic carbocycles. The smallest absolute Gasteiger partial charge is 0.462 e. The first-order chi connectivity index (χ1) is 39.4. The molecule has 454 valence electrons. The molecular weight excluding hydrogens is 1220 g/mol. The van der Waals surface area contributed by atoms with Gasteiger partial charge in [-0.3, -0.25) is 14.1 Å². The molecule has 3 heterocycles. The summed E-state index contributed by atoms with van der Waals surface area (Å²) >= 11 is 7.62.